The van der Waals surface area contributed by atoms with E-state index in [2.05, 4.69) is 66.3 Å². The molecule has 0 spiro atoms. The molecule has 0 unspecified atom stereocenters. The van der Waals surface area contributed by atoms with Crippen molar-refractivity contribution in [3.05, 3.63) is 95.5 Å². The van der Waals surface area contributed by atoms with E-state index in [-0.39, 0.29) is 42.7 Å². The lowest BCUT2D eigenvalue weighted by atomic mass is 9.95. The van der Waals surface area contributed by atoms with Crippen LogP contribution in [-0.4, -0.2) is 44.4 Å². The van der Waals surface area contributed by atoms with Gasteiger partial charge in [-0.3, -0.25) is 4.79 Å². The quantitative estimate of drug-likeness (QED) is 0.0970. The van der Waals surface area contributed by atoms with Crippen molar-refractivity contribution in [3.63, 3.8) is 0 Å². The highest BCUT2D eigenvalue weighted by Crippen LogP contribution is 2.35. The summed E-state index contributed by atoms with van der Waals surface area (Å²) in [6, 6.07) is 13.7. The maximum atomic E-state index is 14.1. The first-order chi connectivity index (χ1) is 21.6. The van der Waals surface area contributed by atoms with Crippen molar-refractivity contribution in [1.82, 2.24) is 16.1 Å². The zero-order chi connectivity index (χ0) is 32.5. The van der Waals surface area contributed by atoms with Gasteiger partial charge in [-0.1, -0.05) is 24.3 Å². The lowest BCUT2D eigenvalue weighted by Gasteiger charge is -2.28. The molecular formula is C31H29FI2N4O7. The first-order valence-electron chi connectivity index (χ1n) is 13.5. The fraction of sp³-hybridized carbons (Fsp3) is 0.226. The van der Waals surface area contributed by atoms with Gasteiger partial charge in [-0.05, 0) is 94.9 Å². The molecular weight excluding hydrogens is 813 g/mol. The molecule has 3 aromatic rings. The van der Waals surface area contributed by atoms with Crippen LogP contribution in [0.4, 0.5) is 9.18 Å². The molecule has 14 heteroatoms. The number of hydrogen-bond donors (Lipinski definition) is 3. The molecule has 4 rings (SSSR count). The van der Waals surface area contributed by atoms with Gasteiger partial charge in [0.1, 0.15) is 18.2 Å². The number of esters is 1. The summed E-state index contributed by atoms with van der Waals surface area (Å²) in [5.41, 5.74) is 4.61. The van der Waals surface area contributed by atoms with Gasteiger partial charge in [0.2, 0.25) is 0 Å². The lowest BCUT2D eigenvalue weighted by molar-refractivity contribution is -0.139. The second-order valence-electron chi connectivity index (χ2n) is 9.47. The van der Waals surface area contributed by atoms with E-state index in [1.165, 1.54) is 19.4 Å². The van der Waals surface area contributed by atoms with Gasteiger partial charge < -0.3 is 29.6 Å². The van der Waals surface area contributed by atoms with Crippen LogP contribution in [0.3, 0.4) is 0 Å². The molecule has 0 bridgehead atoms. The Hall–Kier alpha value is -3.93. The summed E-state index contributed by atoms with van der Waals surface area (Å²) < 4.78 is 38.0. The highest BCUT2D eigenvalue weighted by molar-refractivity contribution is 14.1. The maximum absolute atomic E-state index is 14.1. The van der Waals surface area contributed by atoms with Crippen molar-refractivity contribution in [2.75, 3.05) is 20.3 Å². The molecule has 0 aromatic heterocycles. The standard InChI is InChI=1S/C31H29FI2N4O7/c1-4-43-30(40)27-17(2)36-31(41)37-28(27)18-9-10-24(25(12-18)42-3)44-16-26(39)38-35-14-20-11-21(33)13-23(34)29(20)45-15-19-7-5-6-8-22(19)32/h5-14,28H,4,15-16H2,1-3H3,(H,38,39)(H2,36,37,41)/b35-14+/t28-/m0/s1. The molecule has 0 radical (unpaired) electrons. The lowest BCUT2D eigenvalue weighted by Crippen LogP contribution is -2.45. The normalized spacial score (nSPS) is 14.4. The summed E-state index contributed by atoms with van der Waals surface area (Å²) in [4.78, 5) is 37.4. The van der Waals surface area contributed by atoms with Crippen LogP contribution in [0.1, 0.15) is 36.6 Å². The summed E-state index contributed by atoms with van der Waals surface area (Å²) in [6.45, 7) is 3.12. The minimum Gasteiger partial charge on any atom is -0.493 e. The Kier molecular flexibility index (Phi) is 12.0. The molecule has 0 fully saturated rings. The van der Waals surface area contributed by atoms with Crippen molar-refractivity contribution < 1.29 is 37.7 Å². The first kappa shape index (κ1) is 34.0. The second kappa shape index (κ2) is 15.9. The smallest absolute Gasteiger partial charge is 0.338 e. The Morgan fingerprint density at radius 1 is 1.09 bits per heavy atom. The van der Waals surface area contributed by atoms with E-state index in [4.69, 9.17) is 18.9 Å². The molecule has 1 heterocycles. The molecule has 0 aliphatic carbocycles. The van der Waals surface area contributed by atoms with Gasteiger partial charge in [-0.2, -0.15) is 5.10 Å². The van der Waals surface area contributed by atoms with E-state index >= 15 is 0 Å². The number of allylic oxidation sites excluding steroid dienone is 1. The van der Waals surface area contributed by atoms with Gasteiger partial charge in [0.15, 0.2) is 18.1 Å². The molecule has 0 saturated carbocycles. The summed E-state index contributed by atoms with van der Waals surface area (Å²) >= 11 is 4.29. The minimum absolute atomic E-state index is 0.0228. The van der Waals surface area contributed by atoms with Gasteiger partial charge in [0, 0.05) is 20.4 Å². The predicted molar refractivity (Wildman–Crippen MR) is 181 cm³/mol. The first-order valence-corrected chi connectivity index (χ1v) is 15.7. The Morgan fingerprint density at radius 3 is 2.60 bits per heavy atom. The number of nitrogens with zero attached hydrogens (tertiary/aromatic N) is 1. The van der Waals surface area contributed by atoms with E-state index in [1.54, 1.807) is 50.2 Å². The number of hydrogen-bond acceptors (Lipinski definition) is 8. The average Bonchev–Trinajstić information content (AvgIpc) is 3.00. The number of methoxy groups -OCH3 is 1. The molecule has 3 amide bonds. The number of ether oxygens (including phenoxy) is 4. The summed E-state index contributed by atoms with van der Waals surface area (Å²) in [6.07, 6.45) is 1.44. The van der Waals surface area contributed by atoms with Crippen molar-refractivity contribution in [3.8, 4) is 17.2 Å². The third-order valence-electron chi connectivity index (χ3n) is 6.40. The number of carbonyl (C=O) groups is 3. The van der Waals surface area contributed by atoms with Crippen LogP contribution in [0.15, 0.2) is 71.0 Å². The Bertz CT molecular complexity index is 1660. The maximum Gasteiger partial charge on any atom is 0.338 e. The van der Waals surface area contributed by atoms with E-state index in [0.29, 0.717) is 28.1 Å². The Balaban J connectivity index is 1.42. The predicted octanol–water partition coefficient (Wildman–Crippen LogP) is 5.34. The Labute approximate surface area is 286 Å². The van der Waals surface area contributed by atoms with E-state index in [0.717, 1.165) is 7.14 Å². The van der Waals surface area contributed by atoms with Crippen LogP contribution in [0, 0.1) is 13.0 Å². The molecule has 1 aliphatic heterocycles. The number of amides is 3. The monoisotopic (exact) mass is 842 g/mol. The Morgan fingerprint density at radius 2 is 1.87 bits per heavy atom. The molecule has 11 nitrogen and oxygen atoms in total. The van der Waals surface area contributed by atoms with Crippen molar-refractivity contribution in [2.24, 2.45) is 5.10 Å². The SMILES string of the molecule is CCOC(=O)C1=C(C)NC(=O)N[C@H]1c1ccc(OCC(=O)N/N=C/c2cc(I)cc(I)c2OCc2ccccc2F)c(OC)c1. The van der Waals surface area contributed by atoms with Gasteiger partial charge in [0.05, 0.1) is 35.1 Å². The van der Waals surface area contributed by atoms with Crippen LogP contribution in [-0.2, 0) is 20.9 Å². The van der Waals surface area contributed by atoms with Crippen molar-refractivity contribution >= 4 is 69.3 Å². The second-order valence-corrected chi connectivity index (χ2v) is 11.9. The van der Waals surface area contributed by atoms with Crippen LogP contribution in [0.5, 0.6) is 17.2 Å². The van der Waals surface area contributed by atoms with E-state index in [9.17, 15) is 18.8 Å². The number of rotatable bonds is 12. The highest BCUT2D eigenvalue weighted by atomic mass is 127. The van der Waals surface area contributed by atoms with E-state index in [1.807, 2.05) is 12.1 Å². The van der Waals surface area contributed by atoms with Gasteiger partial charge in [0.25, 0.3) is 5.91 Å². The van der Waals surface area contributed by atoms with Gasteiger partial charge in [-0.15, -0.1) is 0 Å². The number of urea groups is 1. The van der Waals surface area contributed by atoms with Crippen LogP contribution < -0.4 is 30.3 Å². The van der Waals surface area contributed by atoms with Crippen molar-refractivity contribution in [1.29, 1.82) is 0 Å². The zero-order valence-corrected chi connectivity index (χ0v) is 28.7. The van der Waals surface area contributed by atoms with Crippen LogP contribution in [0.25, 0.3) is 0 Å². The molecule has 0 saturated heterocycles. The molecule has 1 atom stereocenters. The van der Waals surface area contributed by atoms with Gasteiger partial charge >= 0.3 is 12.0 Å². The third-order valence-corrected chi connectivity index (χ3v) is 7.83. The summed E-state index contributed by atoms with van der Waals surface area (Å²) in [5, 5.41) is 9.36. The topological polar surface area (TPSA) is 137 Å². The van der Waals surface area contributed by atoms with Crippen LogP contribution >= 0.6 is 45.2 Å². The molecule has 1 aliphatic rings. The van der Waals surface area contributed by atoms with Gasteiger partial charge in [-0.25, -0.2) is 19.4 Å². The zero-order valence-electron chi connectivity index (χ0n) is 24.4. The number of benzene rings is 3. The number of halogens is 3. The van der Waals surface area contributed by atoms with Crippen LogP contribution in [0.2, 0.25) is 0 Å². The molecule has 236 valence electrons. The summed E-state index contributed by atoms with van der Waals surface area (Å²) in [7, 11) is 1.43. The molecule has 3 N–H and O–H groups in total. The number of nitrogens with one attached hydrogen (secondary N) is 3. The van der Waals surface area contributed by atoms with E-state index < -0.39 is 23.9 Å². The summed E-state index contributed by atoms with van der Waals surface area (Å²) in [5.74, 6) is -0.428. The minimum atomic E-state index is -0.789. The number of carbonyl (C=O) groups excluding carboxylic acids is 3. The molecule has 45 heavy (non-hydrogen) atoms. The number of hydrazone groups is 1. The fourth-order valence-electron chi connectivity index (χ4n) is 4.35. The highest BCUT2D eigenvalue weighted by Gasteiger charge is 2.32. The third kappa shape index (κ3) is 8.84. The molecule has 3 aromatic carbocycles. The largest absolute Gasteiger partial charge is 0.493 e. The van der Waals surface area contributed by atoms with Crippen molar-refractivity contribution in [2.45, 2.75) is 26.5 Å². The fourth-order valence-corrected chi connectivity index (χ4v) is 6.39. The average molecular weight is 842 g/mol.